The molecule has 7 heteroatoms. The number of esters is 1. The number of nitrogens with zero attached hydrogens (tertiary/aromatic N) is 1. The lowest BCUT2D eigenvalue weighted by Gasteiger charge is -2.11. The van der Waals surface area contributed by atoms with Gasteiger partial charge in [0, 0.05) is 11.8 Å². The van der Waals surface area contributed by atoms with Crippen LogP contribution in [0.15, 0.2) is 15.5 Å². The van der Waals surface area contributed by atoms with Crippen molar-refractivity contribution in [2.75, 3.05) is 12.9 Å². The lowest BCUT2D eigenvalue weighted by molar-refractivity contribution is 0.0586. The molecule has 0 atom stereocenters. The molecule has 0 spiro atoms. The fraction of sp³-hybridized carbons (Fsp3) is 0.385. The van der Waals surface area contributed by atoms with Crippen LogP contribution < -0.4 is 0 Å². The predicted octanol–water partition coefficient (Wildman–Crippen LogP) is 2.11. The first-order chi connectivity index (χ1) is 9.45. The highest BCUT2D eigenvalue weighted by molar-refractivity contribution is 8.04. The first-order valence-electron chi connectivity index (χ1n) is 5.97. The molecule has 20 heavy (non-hydrogen) atoms. The monoisotopic (exact) mass is 295 g/mol. The van der Waals surface area contributed by atoms with E-state index in [9.17, 15) is 14.4 Å². The molecule has 6 nitrogen and oxygen atoms in total. The van der Waals surface area contributed by atoms with E-state index in [-0.39, 0.29) is 17.0 Å². The van der Waals surface area contributed by atoms with Gasteiger partial charge in [0.15, 0.2) is 0 Å². The van der Waals surface area contributed by atoms with Crippen LogP contribution in [0.2, 0.25) is 0 Å². The normalized spacial score (nSPS) is 14.3. The van der Waals surface area contributed by atoms with Crippen molar-refractivity contribution in [3.05, 3.63) is 28.0 Å². The topological polar surface area (TPSA) is 86.5 Å². The Hall–Kier alpha value is -1.89. The zero-order valence-electron chi connectivity index (χ0n) is 11.3. The number of carbonyl (C=O) groups excluding carboxylic acids is 3. The second-order valence-corrected chi connectivity index (χ2v) is 5.70. The van der Waals surface area contributed by atoms with Gasteiger partial charge in [-0.25, -0.2) is 4.79 Å². The number of Topliss-reactive ketones (excluding diaryl/α,β-unsaturated/α-hetero) is 1. The van der Waals surface area contributed by atoms with Gasteiger partial charge in [0.25, 0.3) is 0 Å². The lowest BCUT2D eigenvalue weighted by atomic mass is 10.00. The Balaban J connectivity index is 2.38. The van der Waals surface area contributed by atoms with E-state index in [1.807, 2.05) is 13.8 Å². The van der Waals surface area contributed by atoms with Gasteiger partial charge in [-0.2, -0.15) is 0 Å². The molecule has 106 valence electrons. The number of hydrogen-bond donors (Lipinski definition) is 0. The summed E-state index contributed by atoms with van der Waals surface area (Å²) >= 11 is 1.28. The summed E-state index contributed by atoms with van der Waals surface area (Å²) in [5.74, 6) is -0.831. The molecular formula is C13H13NO5S. The molecule has 0 amide bonds. The van der Waals surface area contributed by atoms with Crippen LogP contribution in [0.25, 0.3) is 0 Å². The molecule has 0 N–H and O–H groups in total. The van der Waals surface area contributed by atoms with Gasteiger partial charge in [0.05, 0.1) is 12.0 Å². The number of ether oxygens (including phenoxy) is 1. The van der Waals surface area contributed by atoms with Crippen molar-refractivity contribution in [1.82, 2.24) is 5.16 Å². The van der Waals surface area contributed by atoms with Crippen LogP contribution in [0.5, 0.6) is 0 Å². The molecule has 1 heterocycles. The maximum absolute atomic E-state index is 12.3. The summed E-state index contributed by atoms with van der Waals surface area (Å²) in [6.07, 6.45) is 1.23. The van der Waals surface area contributed by atoms with Crippen LogP contribution in [0.3, 0.4) is 0 Å². The molecule has 0 fully saturated rings. The highest BCUT2D eigenvalue weighted by Gasteiger charge is 2.36. The van der Waals surface area contributed by atoms with Gasteiger partial charge in [-0.15, -0.1) is 11.8 Å². The molecule has 1 aromatic rings. The summed E-state index contributed by atoms with van der Waals surface area (Å²) in [6.45, 7) is 4.01. The molecule has 0 aromatic carbocycles. The van der Waals surface area contributed by atoms with Gasteiger partial charge in [-0.05, 0) is 5.92 Å². The van der Waals surface area contributed by atoms with Crippen molar-refractivity contribution in [2.24, 2.45) is 5.92 Å². The third-order valence-corrected chi connectivity index (χ3v) is 4.03. The molecule has 0 unspecified atom stereocenters. The molecule has 0 bridgehead atoms. The number of fused-ring (bicyclic) bond motifs is 1. The number of rotatable bonds is 4. The van der Waals surface area contributed by atoms with Crippen molar-refractivity contribution in [2.45, 2.75) is 13.8 Å². The Morgan fingerprint density at radius 2 is 2.15 bits per heavy atom. The van der Waals surface area contributed by atoms with Crippen LogP contribution in [-0.4, -0.2) is 35.6 Å². The average Bonchev–Trinajstić information content (AvgIpc) is 2.85. The molecule has 1 aliphatic carbocycles. The minimum atomic E-state index is -0.800. The summed E-state index contributed by atoms with van der Waals surface area (Å²) in [7, 11) is 1.17. The fourth-order valence-electron chi connectivity index (χ4n) is 1.64. The third kappa shape index (κ3) is 2.53. The van der Waals surface area contributed by atoms with Gasteiger partial charge in [0.2, 0.25) is 23.0 Å². The van der Waals surface area contributed by atoms with Gasteiger partial charge in [0.1, 0.15) is 5.56 Å². The Kier molecular flexibility index (Phi) is 4.08. The fourth-order valence-corrected chi connectivity index (χ4v) is 2.58. The van der Waals surface area contributed by atoms with Gasteiger partial charge < -0.3 is 9.26 Å². The minimum absolute atomic E-state index is 0.101. The van der Waals surface area contributed by atoms with E-state index in [1.165, 1.54) is 24.9 Å². The van der Waals surface area contributed by atoms with E-state index in [0.717, 1.165) is 0 Å². The summed E-state index contributed by atoms with van der Waals surface area (Å²) < 4.78 is 9.32. The first-order valence-corrected chi connectivity index (χ1v) is 6.95. The second-order valence-electron chi connectivity index (χ2n) is 4.63. The van der Waals surface area contributed by atoms with Crippen LogP contribution in [0, 0.1) is 5.92 Å². The number of carbonyl (C=O) groups is 3. The Labute approximate surface area is 119 Å². The second kappa shape index (κ2) is 5.62. The molecule has 1 aromatic heterocycles. The number of thioether (sulfide) groups is 1. The van der Waals surface area contributed by atoms with E-state index in [2.05, 4.69) is 9.89 Å². The molecule has 0 saturated heterocycles. The lowest BCUT2D eigenvalue weighted by Crippen LogP contribution is -2.18. The van der Waals surface area contributed by atoms with Gasteiger partial charge in [-0.1, -0.05) is 19.0 Å². The van der Waals surface area contributed by atoms with E-state index in [4.69, 9.17) is 4.52 Å². The highest BCUT2D eigenvalue weighted by atomic mass is 32.2. The largest absolute Gasteiger partial charge is 0.464 e. The van der Waals surface area contributed by atoms with E-state index in [1.54, 1.807) is 0 Å². The zero-order valence-corrected chi connectivity index (χ0v) is 12.1. The quantitative estimate of drug-likeness (QED) is 0.786. The molecule has 0 saturated carbocycles. The number of aromatic nitrogens is 1. The van der Waals surface area contributed by atoms with Gasteiger partial charge in [-0.3, -0.25) is 9.59 Å². The van der Waals surface area contributed by atoms with Crippen LogP contribution >= 0.6 is 11.8 Å². The summed E-state index contributed by atoms with van der Waals surface area (Å²) in [6, 6.07) is 0. The zero-order chi connectivity index (χ0) is 14.9. The smallest absolute Gasteiger partial charge is 0.361 e. The summed E-state index contributed by atoms with van der Waals surface area (Å²) in [5, 5.41) is 3.47. The Morgan fingerprint density at radius 1 is 1.45 bits per heavy atom. The van der Waals surface area contributed by atoms with E-state index < -0.39 is 17.5 Å². The van der Waals surface area contributed by atoms with Crippen molar-refractivity contribution in [3.63, 3.8) is 0 Å². The van der Waals surface area contributed by atoms with Gasteiger partial charge >= 0.3 is 5.97 Å². The summed E-state index contributed by atoms with van der Waals surface area (Å²) in [4.78, 5) is 36.0. The molecule has 0 radical (unpaired) electrons. The van der Waals surface area contributed by atoms with Crippen LogP contribution in [0.4, 0.5) is 0 Å². The Morgan fingerprint density at radius 3 is 2.75 bits per heavy atom. The summed E-state index contributed by atoms with van der Waals surface area (Å²) in [5.41, 5.74) is -0.354. The maximum atomic E-state index is 12.3. The van der Waals surface area contributed by atoms with Crippen molar-refractivity contribution >= 4 is 29.3 Å². The van der Waals surface area contributed by atoms with Crippen molar-refractivity contribution in [1.29, 1.82) is 0 Å². The van der Waals surface area contributed by atoms with E-state index >= 15 is 0 Å². The average molecular weight is 295 g/mol. The molecule has 0 aliphatic heterocycles. The predicted molar refractivity (Wildman–Crippen MR) is 71.9 cm³/mol. The molecular weight excluding hydrogens is 282 g/mol. The molecule has 2 rings (SSSR count). The minimum Gasteiger partial charge on any atom is -0.464 e. The van der Waals surface area contributed by atoms with E-state index in [0.29, 0.717) is 16.6 Å². The number of allylic oxidation sites excluding steroid dienone is 2. The van der Waals surface area contributed by atoms with Crippen LogP contribution in [-0.2, 0) is 4.74 Å². The molecule has 1 aliphatic rings. The number of ketones is 2. The highest BCUT2D eigenvalue weighted by Crippen LogP contribution is 2.31. The maximum Gasteiger partial charge on any atom is 0.361 e. The number of methoxy groups -OCH3 is 1. The Bertz CT molecular complexity index is 614. The van der Waals surface area contributed by atoms with Crippen molar-refractivity contribution in [3.8, 4) is 0 Å². The number of hydrogen-bond acceptors (Lipinski definition) is 7. The SMILES string of the molecule is COC(=O)c1noc2c1C(=O)C(SCC(C)C)=CC2=O. The third-order valence-electron chi connectivity index (χ3n) is 2.58. The first kappa shape index (κ1) is 14.5. The van der Waals surface area contributed by atoms with Crippen LogP contribution in [0.1, 0.15) is 45.2 Å². The standard InChI is InChI=1S/C13H13NO5S/c1-6(2)5-20-8-4-7(15)12-9(11(8)16)10(14-19-12)13(17)18-3/h4,6H,5H2,1-3H3. The van der Waals surface area contributed by atoms with Crippen molar-refractivity contribution < 1.29 is 23.6 Å².